The Morgan fingerprint density at radius 1 is 1.11 bits per heavy atom. The molecule has 0 radical (unpaired) electrons. The summed E-state index contributed by atoms with van der Waals surface area (Å²) in [6.07, 6.45) is 1.55. The van der Waals surface area contributed by atoms with Gasteiger partial charge >= 0.3 is 0 Å². The third kappa shape index (κ3) is 3.76. The normalized spacial score (nSPS) is 18.0. The van der Waals surface area contributed by atoms with Crippen LogP contribution in [0.2, 0.25) is 5.02 Å². The molecule has 1 unspecified atom stereocenters. The van der Waals surface area contributed by atoms with Gasteiger partial charge in [-0.3, -0.25) is 9.59 Å². The summed E-state index contributed by atoms with van der Waals surface area (Å²) in [7, 11) is 0. The van der Waals surface area contributed by atoms with Crippen molar-refractivity contribution < 1.29 is 9.59 Å². The molecule has 6 nitrogen and oxygen atoms in total. The Bertz CT molecular complexity index is 1030. The Labute approximate surface area is 171 Å². The number of carbonyl (C=O) groups excluding carboxylic acids is 2. The summed E-state index contributed by atoms with van der Waals surface area (Å²) in [5.74, 6) is -0.370. The average Bonchev–Trinajstić information content (AvgIpc) is 3.12. The lowest BCUT2D eigenvalue weighted by Crippen LogP contribution is -2.34. The Balaban J connectivity index is 1.50. The van der Waals surface area contributed by atoms with Gasteiger partial charge in [-0.05, 0) is 43.3 Å². The first-order valence-electron chi connectivity index (χ1n) is 8.55. The number of hydrogen-bond donors (Lipinski definition) is 0. The summed E-state index contributed by atoms with van der Waals surface area (Å²) in [6.45, 7) is 2.00. The van der Waals surface area contributed by atoms with Crippen molar-refractivity contribution in [2.75, 3.05) is 10.8 Å². The Hall–Kier alpha value is -2.77. The highest BCUT2D eigenvalue weighted by Crippen LogP contribution is 2.27. The zero-order valence-corrected chi connectivity index (χ0v) is 16.4. The monoisotopic (exact) mass is 410 g/mol. The minimum atomic E-state index is -0.586. The number of amides is 1. The second-order valence-electron chi connectivity index (χ2n) is 6.31. The van der Waals surface area contributed by atoms with Crippen molar-refractivity contribution in [2.45, 2.75) is 6.92 Å². The molecule has 2 aliphatic rings. The fraction of sp³-hybridized carbons (Fsp3) is 0.150. The van der Waals surface area contributed by atoms with Gasteiger partial charge in [0, 0.05) is 16.8 Å². The predicted octanol–water partition coefficient (Wildman–Crippen LogP) is 3.98. The summed E-state index contributed by atoms with van der Waals surface area (Å²) < 4.78 is 0. The number of aliphatic imine (C=N–C) groups is 2. The Kier molecular flexibility index (Phi) is 5.11. The van der Waals surface area contributed by atoms with E-state index in [0.717, 1.165) is 23.0 Å². The molecule has 8 heteroatoms. The van der Waals surface area contributed by atoms with Crippen LogP contribution in [0.3, 0.4) is 0 Å². The predicted molar refractivity (Wildman–Crippen MR) is 114 cm³/mol. The molecule has 1 amide bonds. The van der Waals surface area contributed by atoms with Crippen molar-refractivity contribution in [3.63, 3.8) is 0 Å². The molecule has 2 aromatic carbocycles. The molecule has 0 spiro atoms. The SMILES string of the molecule is Cc1ccc(N2N=CC3C(=O)N=C(SCC(=O)c4ccc(Cl)cc4)N=C32)cc1. The van der Waals surface area contributed by atoms with E-state index in [4.69, 9.17) is 11.6 Å². The molecule has 0 aromatic heterocycles. The van der Waals surface area contributed by atoms with E-state index >= 15 is 0 Å². The van der Waals surface area contributed by atoms with E-state index < -0.39 is 5.92 Å². The zero-order valence-electron chi connectivity index (χ0n) is 14.9. The van der Waals surface area contributed by atoms with Gasteiger partial charge in [-0.15, -0.1) is 0 Å². The number of amidine groups is 2. The second kappa shape index (κ2) is 7.69. The fourth-order valence-corrected chi connectivity index (χ4v) is 3.63. The van der Waals surface area contributed by atoms with Gasteiger partial charge in [-0.1, -0.05) is 41.1 Å². The van der Waals surface area contributed by atoms with E-state index in [1.54, 1.807) is 35.5 Å². The molecule has 2 aromatic rings. The van der Waals surface area contributed by atoms with E-state index in [-0.39, 0.29) is 22.6 Å². The van der Waals surface area contributed by atoms with Crippen molar-refractivity contribution in [1.29, 1.82) is 0 Å². The van der Waals surface area contributed by atoms with Crippen LogP contribution in [0.25, 0.3) is 0 Å². The number of anilines is 1. The number of ketones is 1. The highest BCUT2D eigenvalue weighted by Gasteiger charge is 2.36. The van der Waals surface area contributed by atoms with Gasteiger partial charge in [-0.2, -0.15) is 10.1 Å². The number of halogens is 1. The molecule has 2 heterocycles. The van der Waals surface area contributed by atoms with Crippen molar-refractivity contribution in [3.8, 4) is 0 Å². The number of aryl methyl sites for hydroxylation is 1. The molecule has 0 fully saturated rings. The minimum Gasteiger partial charge on any atom is -0.293 e. The summed E-state index contributed by atoms with van der Waals surface area (Å²) >= 11 is 6.98. The van der Waals surface area contributed by atoms with Gasteiger partial charge < -0.3 is 0 Å². The summed E-state index contributed by atoms with van der Waals surface area (Å²) in [5.41, 5.74) is 2.50. The highest BCUT2D eigenvalue weighted by atomic mass is 35.5. The molecule has 0 aliphatic carbocycles. The summed E-state index contributed by atoms with van der Waals surface area (Å²) in [4.78, 5) is 33.2. The first-order chi connectivity index (χ1) is 13.5. The van der Waals surface area contributed by atoms with E-state index in [2.05, 4.69) is 15.1 Å². The second-order valence-corrected chi connectivity index (χ2v) is 7.69. The summed E-state index contributed by atoms with van der Waals surface area (Å²) in [5, 5.41) is 6.78. The van der Waals surface area contributed by atoms with Crippen LogP contribution in [0.5, 0.6) is 0 Å². The Morgan fingerprint density at radius 2 is 1.82 bits per heavy atom. The lowest BCUT2D eigenvalue weighted by Gasteiger charge is -2.20. The van der Waals surface area contributed by atoms with Crippen LogP contribution in [0.15, 0.2) is 63.6 Å². The molecule has 0 saturated carbocycles. The molecule has 140 valence electrons. The van der Waals surface area contributed by atoms with Crippen LogP contribution in [-0.4, -0.2) is 34.7 Å². The van der Waals surface area contributed by atoms with Crippen LogP contribution in [-0.2, 0) is 4.79 Å². The van der Waals surface area contributed by atoms with Gasteiger partial charge in [0.1, 0.15) is 5.92 Å². The molecule has 28 heavy (non-hydrogen) atoms. The van der Waals surface area contributed by atoms with Crippen LogP contribution in [0.1, 0.15) is 15.9 Å². The van der Waals surface area contributed by atoms with Crippen LogP contribution in [0, 0.1) is 12.8 Å². The lowest BCUT2D eigenvalue weighted by molar-refractivity contribution is -0.118. The average molecular weight is 411 g/mol. The number of hydrazone groups is 1. The number of carbonyl (C=O) groups is 2. The number of hydrogen-bond acceptors (Lipinski definition) is 6. The van der Waals surface area contributed by atoms with E-state index in [1.165, 1.54) is 0 Å². The van der Waals surface area contributed by atoms with Gasteiger partial charge in [0.05, 0.1) is 11.4 Å². The Morgan fingerprint density at radius 3 is 2.54 bits per heavy atom. The first-order valence-corrected chi connectivity index (χ1v) is 9.91. The number of rotatable bonds is 4. The largest absolute Gasteiger partial charge is 0.293 e. The molecule has 4 rings (SSSR count). The first kappa shape index (κ1) is 18.6. The smallest absolute Gasteiger partial charge is 0.264 e. The molecule has 1 atom stereocenters. The van der Waals surface area contributed by atoms with Crippen molar-refractivity contribution in [3.05, 3.63) is 64.7 Å². The van der Waals surface area contributed by atoms with Crippen LogP contribution >= 0.6 is 23.4 Å². The topological polar surface area (TPSA) is 74.5 Å². The standard InChI is InChI=1S/C20H15ClN4O2S/c1-12-2-8-15(9-3-12)25-18-16(10-22-25)19(27)24-20(23-18)28-11-17(26)13-4-6-14(21)7-5-13/h2-10,16H,11H2,1H3. The minimum absolute atomic E-state index is 0.0859. The quantitative estimate of drug-likeness (QED) is 0.714. The molecule has 0 saturated heterocycles. The summed E-state index contributed by atoms with van der Waals surface area (Å²) in [6, 6.07) is 14.5. The molecular formula is C20H15ClN4O2S. The molecule has 0 N–H and O–H groups in total. The number of fused-ring (bicyclic) bond motifs is 1. The van der Waals surface area contributed by atoms with Crippen molar-refractivity contribution >= 4 is 58.0 Å². The number of thioether (sulfide) groups is 1. The maximum atomic E-state index is 12.4. The fourth-order valence-electron chi connectivity index (χ4n) is 2.77. The number of benzene rings is 2. The molecule has 0 bridgehead atoms. The van der Waals surface area contributed by atoms with Gasteiger partial charge in [0.2, 0.25) is 0 Å². The molecular weight excluding hydrogens is 396 g/mol. The van der Waals surface area contributed by atoms with Gasteiger partial charge in [0.25, 0.3) is 5.91 Å². The van der Waals surface area contributed by atoms with E-state index in [1.807, 2.05) is 31.2 Å². The third-order valence-electron chi connectivity index (χ3n) is 4.29. The van der Waals surface area contributed by atoms with Crippen molar-refractivity contribution in [2.24, 2.45) is 21.0 Å². The maximum Gasteiger partial charge on any atom is 0.264 e. The van der Waals surface area contributed by atoms with Gasteiger partial charge in [-0.25, -0.2) is 10.0 Å². The number of Topliss-reactive ketones (excluding diaryl/α,β-unsaturated/α-hetero) is 1. The van der Waals surface area contributed by atoms with Crippen LogP contribution in [0.4, 0.5) is 5.69 Å². The third-order valence-corrected chi connectivity index (χ3v) is 5.38. The maximum absolute atomic E-state index is 12.4. The molecule has 2 aliphatic heterocycles. The van der Waals surface area contributed by atoms with E-state index in [0.29, 0.717) is 16.4 Å². The van der Waals surface area contributed by atoms with Gasteiger partial charge in [0.15, 0.2) is 16.8 Å². The van der Waals surface area contributed by atoms with Crippen LogP contribution < -0.4 is 5.01 Å². The number of nitrogens with zero attached hydrogens (tertiary/aromatic N) is 4. The van der Waals surface area contributed by atoms with Crippen molar-refractivity contribution in [1.82, 2.24) is 0 Å². The van der Waals surface area contributed by atoms with E-state index in [9.17, 15) is 9.59 Å². The zero-order chi connectivity index (χ0) is 19.7. The highest BCUT2D eigenvalue weighted by molar-refractivity contribution is 8.14. The lowest BCUT2D eigenvalue weighted by atomic mass is 10.1.